The van der Waals surface area contributed by atoms with Gasteiger partial charge in [-0.2, -0.15) is 0 Å². The highest BCUT2D eigenvalue weighted by Crippen LogP contribution is 2.20. The minimum Gasteiger partial charge on any atom is -0.309 e. The third kappa shape index (κ3) is 3.58. The van der Waals surface area contributed by atoms with Crippen molar-refractivity contribution in [2.24, 2.45) is 0 Å². The van der Waals surface area contributed by atoms with Gasteiger partial charge in [0.1, 0.15) is 5.82 Å². The van der Waals surface area contributed by atoms with Crippen molar-refractivity contribution in [3.05, 3.63) is 47.5 Å². The summed E-state index contributed by atoms with van der Waals surface area (Å²) >= 11 is 0. The van der Waals surface area contributed by atoms with Crippen LogP contribution in [-0.2, 0) is 6.54 Å². The Balaban J connectivity index is 2.29. The number of nitrogens with one attached hydrogen (secondary N) is 1. The molecule has 0 saturated carbocycles. The molecular formula is C15H18FN3. The van der Waals surface area contributed by atoms with Crippen molar-refractivity contribution in [1.82, 2.24) is 15.3 Å². The van der Waals surface area contributed by atoms with E-state index in [9.17, 15) is 4.39 Å². The van der Waals surface area contributed by atoms with Gasteiger partial charge in [-0.25, -0.2) is 14.4 Å². The van der Waals surface area contributed by atoms with E-state index in [0.717, 1.165) is 16.8 Å². The van der Waals surface area contributed by atoms with E-state index in [-0.39, 0.29) is 5.82 Å². The molecule has 0 radical (unpaired) electrons. The molecule has 0 aliphatic rings. The Morgan fingerprint density at radius 3 is 2.79 bits per heavy atom. The molecular weight excluding hydrogens is 241 g/mol. The van der Waals surface area contributed by atoms with Crippen LogP contribution in [0, 0.1) is 12.7 Å². The van der Waals surface area contributed by atoms with Gasteiger partial charge in [0.25, 0.3) is 0 Å². The number of hydrogen-bond acceptors (Lipinski definition) is 3. The van der Waals surface area contributed by atoms with E-state index in [0.29, 0.717) is 18.4 Å². The maximum absolute atomic E-state index is 13.3. The van der Waals surface area contributed by atoms with Gasteiger partial charge in [-0.3, -0.25) is 0 Å². The summed E-state index contributed by atoms with van der Waals surface area (Å²) in [6.07, 6.45) is 1.71. The van der Waals surface area contributed by atoms with Crippen LogP contribution in [0.5, 0.6) is 0 Å². The summed E-state index contributed by atoms with van der Waals surface area (Å²) in [7, 11) is 0. The Labute approximate surface area is 112 Å². The number of halogens is 1. The highest BCUT2D eigenvalue weighted by atomic mass is 19.1. The number of rotatable bonds is 4. The van der Waals surface area contributed by atoms with Crippen molar-refractivity contribution in [3.63, 3.8) is 0 Å². The average molecular weight is 259 g/mol. The first kappa shape index (κ1) is 13.6. The molecule has 3 nitrogen and oxygen atoms in total. The van der Waals surface area contributed by atoms with Gasteiger partial charge < -0.3 is 5.32 Å². The Morgan fingerprint density at radius 2 is 2.05 bits per heavy atom. The monoisotopic (exact) mass is 259 g/mol. The molecule has 0 aliphatic carbocycles. The molecule has 0 bridgehead atoms. The fraction of sp³-hybridized carbons (Fsp3) is 0.333. The zero-order valence-electron chi connectivity index (χ0n) is 11.4. The van der Waals surface area contributed by atoms with Crippen LogP contribution in [-0.4, -0.2) is 16.0 Å². The third-order valence-corrected chi connectivity index (χ3v) is 2.85. The molecule has 19 heavy (non-hydrogen) atoms. The van der Waals surface area contributed by atoms with Gasteiger partial charge in [0.05, 0.1) is 5.69 Å². The van der Waals surface area contributed by atoms with Crippen molar-refractivity contribution in [1.29, 1.82) is 0 Å². The lowest BCUT2D eigenvalue weighted by Crippen LogP contribution is -2.22. The maximum Gasteiger partial charge on any atom is 0.159 e. The quantitative estimate of drug-likeness (QED) is 0.917. The minimum absolute atomic E-state index is 0.269. The van der Waals surface area contributed by atoms with E-state index < -0.39 is 0 Å². The number of hydrogen-bond donors (Lipinski definition) is 1. The molecule has 0 unspecified atom stereocenters. The van der Waals surface area contributed by atoms with E-state index in [4.69, 9.17) is 0 Å². The van der Waals surface area contributed by atoms with Crippen molar-refractivity contribution in [3.8, 4) is 11.4 Å². The summed E-state index contributed by atoms with van der Waals surface area (Å²) in [6, 6.07) is 6.93. The SMILES string of the molecule is Cc1ccc(F)cc1-c1nccc(CNC(C)C)n1. The lowest BCUT2D eigenvalue weighted by molar-refractivity contribution is 0.581. The lowest BCUT2D eigenvalue weighted by Gasteiger charge is -2.09. The molecule has 100 valence electrons. The van der Waals surface area contributed by atoms with Crippen molar-refractivity contribution in [2.75, 3.05) is 0 Å². The summed E-state index contributed by atoms with van der Waals surface area (Å²) in [5.74, 6) is 0.301. The van der Waals surface area contributed by atoms with Crippen molar-refractivity contribution in [2.45, 2.75) is 33.4 Å². The first-order chi connectivity index (χ1) is 9.06. The fourth-order valence-electron chi connectivity index (χ4n) is 1.77. The van der Waals surface area contributed by atoms with E-state index in [2.05, 4.69) is 29.1 Å². The Bertz CT molecular complexity index is 567. The Hall–Kier alpha value is -1.81. The molecule has 0 saturated heterocycles. The van der Waals surface area contributed by atoms with Gasteiger partial charge >= 0.3 is 0 Å². The minimum atomic E-state index is -0.269. The molecule has 2 aromatic rings. The molecule has 0 fully saturated rings. The lowest BCUT2D eigenvalue weighted by atomic mass is 10.1. The number of benzene rings is 1. The third-order valence-electron chi connectivity index (χ3n) is 2.85. The zero-order chi connectivity index (χ0) is 13.8. The van der Waals surface area contributed by atoms with E-state index in [1.54, 1.807) is 12.3 Å². The first-order valence-corrected chi connectivity index (χ1v) is 6.38. The summed E-state index contributed by atoms with van der Waals surface area (Å²) in [5.41, 5.74) is 2.61. The van der Waals surface area contributed by atoms with Crippen LogP contribution >= 0.6 is 0 Å². The number of aryl methyl sites for hydroxylation is 1. The maximum atomic E-state index is 13.3. The van der Waals surface area contributed by atoms with Gasteiger partial charge in [0.15, 0.2) is 5.82 Å². The number of aromatic nitrogens is 2. The summed E-state index contributed by atoms with van der Waals surface area (Å²) in [6.45, 7) is 6.77. The highest BCUT2D eigenvalue weighted by Gasteiger charge is 2.07. The van der Waals surface area contributed by atoms with E-state index >= 15 is 0 Å². The van der Waals surface area contributed by atoms with Crippen LogP contribution in [0.2, 0.25) is 0 Å². The average Bonchev–Trinajstić information content (AvgIpc) is 2.39. The molecule has 0 aliphatic heterocycles. The van der Waals surface area contributed by atoms with Crippen LogP contribution in [0.25, 0.3) is 11.4 Å². The zero-order valence-corrected chi connectivity index (χ0v) is 11.4. The van der Waals surface area contributed by atoms with E-state index in [1.807, 2.05) is 13.0 Å². The highest BCUT2D eigenvalue weighted by molar-refractivity contribution is 5.59. The molecule has 1 aromatic carbocycles. The topological polar surface area (TPSA) is 37.8 Å². The Morgan fingerprint density at radius 1 is 1.26 bits per heavy atom. The normalized spacial score (nSPS) is 11.0. The molecule has 0 spiro atoms. The molecule has 2 rings (SSSR count). The van der Waals surface area contributed by atoms with Crippen molar-refractivity contribution < 1.29 is 4.39 Å². The summed E-state index contributed by atoms with van der Waals surface area (Å²) in [5, 5.41) is 3.30. The second-order valence-corrected chi connectivity index (χ2v) is 4.87. The van der Waals surface area contributed by atoms with E-state index in [1.165, 1.54) is 12.1 Å². The summed E-state index contributed by atoms with van der Waals surface area (Å²) in [4.78, 5) is 8.71. The standard InChI is InChI=1S/C15H18FN3/c1-10(2)18-9-13-6-7-17-15(19-13)14-8-12(16)5-4-11(14)3/h4-8,10,18H,9H2,1-3H3. The molecule has 0 atom stereocenters. The van der Waals surface area contributed by atoms with Gasteiger partial charge in [-0.05, 0) is 30.7 Å². The second kappa shape index (κ2) is 5.89. The van der Waals surface area contributed by atoms with Crippen molar-refractivity contribution >= 4 is 0 Å². The van der Waals surface area contributed by atoms with Crippen LogP contribution in [0.15, 0.2) is 30.5 Å². The largest absolute Gasteiger partial charge is 0.309 e. The fourth-order valence-corrected chi connectivity index (χ4v) is 1.77. The van der Waals surface area contributed by atoms with Crippen LogP contribution < -0.4 is 5.32 Å². The smallest absolute Gasteiger partial charge is 0.159 e. The molecule has 4 heteroatoms. The predicted molar refractivity (Wildman–Crippen MR) is 74.1 cm³/mol. The molecule has 1 heterocycles. The number of nitrogens with zero attached hydrogens (tertiary/aromatic N) is 2. The molecule has 0 amide bonds. The second-order valence-electron chi connectivity index (χ2n) is 4.87. The summed E-state index contributed by atoms with van der Waals surface area (Å²) < 4.78 is 13.3. The van der Waals surface area contributed by atoms with Gasteiger partial charge in [0, 0.05) is 24.3 Å². The predicted octanol–water partition coefficient (Wildman–Crippen LogP) is 3.09. The van der Waals surface area contributed by atoms with Gasteiger partial charge in [-0.15, -0.1) is 0 Å². The van der Waals surface area contributed by atoms with Gasteiger partial charge in [-0.1, -0.05) is 19.9 Å². The Kier molecular flexibility index (Phi) is 4.22. The van der Waals surface area contributed by atoms with Crippen LogP contribution in [0.4, 0.5) is 4.39 Å². The van der Waals surface area contributed by atoms with Crippen LogP contribution in [0.3, 0.4) is 0 Å². The van der Waals surface area contributed by atoms with Gasteiger partial charge in [0.2, 0.25) is 0 Å². The first-order valence-electron chi connectivity index (χ1n) is 6.38. The van der Waals surface area contributed by atoms with Crippen LogP contribution in [0.1, 0.15) is 25.1 Å². The molecule has 1 aromatic heterocycles. The molecule has 1 N–H and O–H groups in total.